The number of hydrogen-bond acceptors (Lipinski definition) is 7. The first-order chi connectivity index (χ1) is 13.8. The Morgan fingerprint density at radius 1 is 1.07 bits per heavy atom. The summed E-state index contributed by atoms with van der Waals surface area (Å²) in [5, 5.41) is 11.8. The van der Waals surface area contributed by atoms with Gasteiger partial charge in [-0.05, 0) is 23.8 Å². The van der Waals surface area contributed by atoms with Crippen LogP contribution in [0, 0.1) is 0 Å². The number of hydrogen-bond donors (Lipinski definition) is 1. The van der Waals surface area contributed by atoms with Gasteiger partial charge in [0.1, 0.15) is 11.6 Å². The van der Waals surface area contributed by atoms with Gasteiger partial charge in [-0.2, -0.15) is 4.98 Å². The summed E-state index contributed by atoms with van der Waals surface area (Å²) in [4.78, 5) is 8.85. The van der Waals surface area contributed by atoms with Crippen LogP contribution in [-0.4, -0.2) is 32.4 Å². The topological polar surface area (TPSA) is 89.7 Å². The van der Waals surface area contributed by atoms with Gasteiger partial charge < -0.3 is 9.26 Å². The second kappa shape index (κ2) is 8.53. The van der Waals surface area contributed by atoms with E-state index in [9.17, 15) is 0 Å². The highest BCUT2D eigenvalue weighted by Gasteiger charge is 2.11. The molecule has 2 heterocycles. The van der Waals surface area contributed by atoms with Gasteiger partial charge in [-0.25, -0.2) is 4.98 Å². The molecule has 28 heavy (non-hydrogen) atoms. The van der Waals surface area contributed by atoms with Crippen LogP contribution in [0.4, 0.5) is 0 Å². The van der Waals surface area contributed by atoms with E-state index >= 15 is 0 Å². The number of nitrogens with one attached hydrogen (secondary N) is 1. The number of aromatic nitrogens is 5. The van der Waals surface area contributed by atoms with Gasteiger partial charge in [-0.15, -0.1) is 5.10 Å². The highest BCUT2D eigenvalue weighted by molar-refractivity contribution is 7.98. The zero-order valence-corrected chi connectivity index (χ0v) is 15.9. The van der Waals surface area contributed by atoms with Crippen LogP contribution in [0.15, 0.2) is 64.3 Å². The van der Waals surface area contributed by atoms with Crippen molar-refractivity contribution in [2.24, 2.45) is 0 Å². The minimum absolute atomic E-state index is 0.483. The van der Waals surface area contributed by atoms with E-state index in [-0.39, 0.29) is 0 Å². The Bertz CT molecular complexity index is 1070. The Morgan fingerprint density at radius 2 is 1.96 bits per heavy atom. The smallest absolute Gasteiger partial charge is 0.237 e. The van der Waals surface area contributed by atoms with Crippen LogP contribution in [0.2, 0.25) is 0 Å². The lowest BCUT2D eigenvalue weighted by Gasteiger charge is -1.99. The Balaban J connectivity index is 1.37. The molecular weight excluding hydrogens is 374 g/mol. The van der Waals surface area contributed by atoms with Gasteiger partial charge in [0.15, 0.2) is 0 Å². The molecule has 0 bridgehead atoms. The maximum absolute atomic E-state index is 5.32. The fourth-order valence-electron chi connectivity index (χ4n) is 2.46. The Hall–Kier alpha value is -3.39. The van der Waals surface area contributed by atoms with E-state index < -0.39 is 0 Å². The minimum atomic E-state index is 0.483. The third-order valence-electron chi connectivity index (χ3n) is 3.84. The number of thioether (sulfide) groups is 1. The predicted molar refractivity (Wildman–Crippen MR) is 108 cm³/mol. The van der Waals surface area contributed by atoms with E-state index in [1.165, 1.54) is 11.8 Å². The summed E-state index contributed by atoms with van der Waals surface area (Å²) in [5.41, 5.74) is 1.94. The van der Waals surface area contributed by atoms with Gasteiger partial charge in [0, 0.05) is 5.56 Å². The molecule has 2 aromatic carbocycles. The molecule has 0 aliphatic heterocycles. The Morgan fingerprint density at radius 3 is 2.82 bits per heavy atom. The van der Waals surface area contributed by atoms with Gasteiger partial charge in [0.2, 0.25) is 16.9 Å². The summed E-state index contributed by atoms with van der Waals surface area (Å²) in [6.45, 7) is 0. The largest absolute Gasteiger partial charge is 0.497 e. The predicted octanol–water partition coefficient (Wildman–Crippen LogP) is 4.33. The van der Waals surface area contributed by atoms with Crippen molar-refractivity contribution in [1.29, 1.82) is 0 Å². The number of aromatic amines is 1. The van der Waals surface area contributed by atoms with Gasteiger partial charge in [0.05, 0.1) is 12.9 Å². The molecule has 0 unspecified atom stereocenters. The lowest BCUT2D eigenvalue weighted by atomic mass is 10.2. The minimum Gasteiger partial charge on any atom is -0.497 e. The first kappa shape index (κ1) is 18.0. The molecule has 4 rings (SSSR count). The van der Waals surface area contributed by atoms with Crippen molar-refractivity contribution in [1.82, 2.24) is 25.3 Å². The first-order valence-corrected chi connectivity index (χ1v) is 9.54. The van der Waals surface area contributed by atoms with Crippen molar-refractivity contribution in [2.45, 2.75) is 10.9 Å². The zero-order chi connectivity index (χ0) is 19.2. The van der Waals surface area contributed by atoms with Crippen molar-refractivity contribution in [3.8, 4) is 17.1 Å². The van der Waals surface area contributed by atoms with E-state index in [0.717, 1.165) is 16.9 Å². The van der Waals surface area contributed by atoms with Gasteiger partial charge in [-0.1, -0.05) is 65.5 Å². The van der Waals surface area contributed by atoms with Gasteiger partial charge in [0.25, 0.3) is 0 Å². The summed E-state index contributed by atoms with van der Waals surface area (Å²) in [5.74, 6) is 2.95. The quantitative estimate of drug-likeness (QED) is 0.469. The molecule has 140 valence electrons. The summed E-state index contributed by atoms with van der Waals surface area (Å²) < 4.78 is 10.5. The van der Waals surface area contributed by atoms with Crippen molar-refractivity contribution >= 4 is 23.9 Å². The van der Waals surface area contributed by atoms with Crippen LogP contribution >= 0.6 is 11.8 Å². The molecule has 0 atom stereocenters. The van der Waals surface area contributed by atoms with Crippen molar-refractivity contribution in [3.63, 3.8) is 0 Å². The highest BCUT2D eigenvalue weighted by atomic mass is 32.2. The Labute approximate surface area is 165 Å². The summed E-state index contributed by atoms with van der Waals surface area (Å²) in [6.07, 6.45) is 3.87. The van der Waals surface area contributed by atoms with Crippen LogP contribution < -0.4 is 4.74 Å². The molecule has 2 aromatic heterocycles. The number of nitrogens with zero attached hydrogens (tertiary/aromatic N) is 4. The molecule has 0 radical (unpaired) electrons. The number of methoxy groups -OCH3 is 1. The van der Waals surface area contributed by atoms with Crippen LogP contribution in [0.3, 0.4) is 0 Å². The zero-order valence-electron chi connectivity index (χ0n) is 15.1. The SMILES string of the molecule is COc1cccc(-c2noc(CSc3n[nH]c(/C=C/c4ccccc4)n3)n2)c1. The van der Waals surface area contributed by atoms with Gasteiger partial charge in [-0.3, -0.25) is 5.10 Å². The number of benzene rings is 2. The molecule has 0 amide bonds. The molecule has 0 saturated heterocycles. The summed E-state index contributed by atoms with van der Waals surface area (Å²) in [7, 11) is 1.62. The first-order valence-electron chi connectivity index (χ1n) is 8.55. The second-order valence-electron chi connectivity index (χ2n) is 5.78. The summed E-state index contributed by atoms with van der Waals surface area (Å²) >= 11 is 1.42. The highest BCUT2D eigenvalue weighted by Crippen LogP contribution is 2.23. The van der Waals surface area contributed by atoms with Crippen LogP contribution in [0.25, 0.3) is 23.5 Å². The molecule has 8 heteroatoms. The van der Waals surface area contributed by atoms with Crippen molar-refractivity contribution in [2.75, 3.05) is 7.11 Å². The Kier molecular flexibility index (Phi) is 5.48. The normalized spacial score (nSPS) is 11.2. The average Bonchev–Trinajstić information content (AvgIpc) is 3.41. The van der Waals surface area contributed by atoms with Crippen LogP contribution in [0.1, 0.15) is 17.3 Å². The molecule has 4 aromatic rings. The van der Waals surface area contributed by atoms with E-state index in [4.69, 9.17) is 9.26 Å². The maximum Gasteiger partial charge on any atom is 0.237 e. The molecule has 0 aliphatic rings. The molecular formula is C20H17N5O2S. The third-order valence-corrected chi connectivity index (χ3v) is 4.67. The lowest BCUT2D eigenvalue weighted by Crippen LogP contribution is -1.86. The fourth-order valence-corrected chi connectivity index (χ4v) is 3.10. The van der Waals surface area contributed by atoms with Crippen LogP contribution in [0.5, 0.6) is 5.75 Å². The second-order valence-corrected chi connectivity index (χ2v) is 6.72. The monoisotopic (exact) mass is 391 g/mol. The van der Waals surface area contributed by atoms with Crippen molar-refractivity contribution < 1.29 is 9.26 Å². The number of ether oxygens (including phenoxy) is 1. The molecule has 0 fully saturated rings. The summed E-state index contributed by atoms with van der Waals surface area (Å²) in [6, 6.07) is 17.5. The lowest BCUT2D eigenvalue weighted by molar-refractivity contribution is 0.391. The number of H-pyrrole nitrogens is 1. The van der Waals surface area contributed by atoms with E-state index in [0.29, 0.717) is 28.4 Å². The van der Waals surface area contributed by atoms with Crippen molar-refractivity contribution in [3.05, 3.63) is 71.9 Å². The molecule has 7 nitrogen and oxygen atoms in total. The molecule has 0 saturated carbocycles. The maximum atomic E-state index is 5.32. The fraction of sp³-hybridized carbons (Fsp3) is 0.100. The third kappa shape index (κ3) is 4.47. The van der Waals surface area contributed by atoms with E-state index in [2.05, 4.69) is 25.3 Å². The molecule has 1 N–H and O–H groups in total. The van der Waals surface area contributed by atoms with Crippen LogP contribution in [-0.2, 0) is 5.75 Å². The molecule has 0 aliphatic carbocycles. The molecule has 0 spiro atoms. The standard InChI is InChI=1S/C20H17N5O2S/c1-26-16-9-5-8-15(12-16)19-22-18(27-25-19)13-28-20-21-17(23-24-20)11-10-14-6-3-2-4-7-14/h2-12H,13H2,1H3,(H,21,23,24)/b11-10+. The number of rotatable bonds is 7. The van der Waals surface area contributed by atoms with E-state index in [1.54, 1.807) is 7.11 Å². The van der Waals surface area contributed by atoms with E-state index in [1.807, 2.05) is 66.7 Å². The van der Waals surface area contributed by atoms with Gasteiger partial charge >= 0.3 is 0 Å². The average molecular weight is 391 g/mol.